The Bertz CT molecular complexity index is 1120. The third kappa shape index (κ3) is 6.96. The van der Waals surface area contributed by atoms with Gasteiger partial charge in [-0.15, -0.1) is 0 Å². The van der Waals surface area contributed by atoms with Crippen molar-refractivity contribution in [1.82, 2.24) is 20.2 Å². The highest BCUT2D eigenvalue weighted by Crippen LogP contribution is 2.27. The third-order valence-corrected chi connectivity index (χ3v) is 5.76. The SMILES string of the molecule is COC(=O)c1cn(C(=O)OC(C)(C)C)c2nccc(CNC(CC(F)(F)F)C(=O)NC3CCCC3)c12. The fourth-order valence-electron chi connectivity index (χ4n) is 4.18. The van der Waals surface area contributed by atoms with E-state index in [0.717, 1.165) is 30.3 Å². The zero-order valence-corrected chi connectivity index (χ0v) is 20.7. The van der Waals surface area contributed by atoms with E-state index in [-0.39, 0.29) is 29.2 Å². The first-order valence-electron chi connectivity index (χ1n) is 11.7. The van der Waals surface area contributed by atoms with Crippen molar-refractivity contribution in [2.24, 2.45) is 0 Å². The zero-order chi connectivity index (χ0) is 26.7. The number of amides is 1. The molecule has 1 aliphatic carbocycles. The summed E-state index contributed by atoms with van der Waals surface area (Å²) >= 11 is 0. The van der Waals surface area contributed by atoms with E-state index >= 15 is 0 Å². The fourth-order valence-corrected chi connectivity index (χ4v) is 4.18. The number of esters is 1. The number of fused-ring (bicyclic) bond motifs is 1. The van der Waals surface area contributed by atoms with E-state index < -0.39 is 42.2 Å². The average molecular weight is 513 g/mol. The lowest BCUT2D eigenvalue weighted by Gasteiger charge is -2.22. The summed E-state index contributed by atoms with van der Waals surface area (Å²) < 4.78 is 51.0. The maximum absolute atomic E-state index is 13.3. The molecule has 2 aromatic heterocycles. The monoisotopic (exact) mass is 512 g/mol. The molecule has 0 spiro atoms. The molecule has 9 nitrogen and oxygen atoms in total. The molecule has 198 valence electrons. The molecular weight excluding hydrogens is 481 g/mol. The first-order valence-corrected chi connectivity index (χ1v) is 11.7. The number of aromatic nitrogens is 2. The van der Waals surface area contributed by atoms with Gasteiger partial charge < -0.3 is 20.1 Å². The van der Waals surface area contributed by atoms with Gasteiger partial charge in [0.25, 0.3) is 0 Å². The number of halogens is 3. The van der Waals surface area contributed by atoms with Crippen LogP contribution in [0.15, 0.2) is 18.5 Å². The molecule has 0 aliphatic heterocycles. The van der Waals surface area contributed by atoms with Gasteiger partial charge in [0, 0.05) is 30.4 Å². The lowest BCUT2D eigenvalue weighted by molar-refractivity contribution is -0.149. The van der Waals surface area contributed by atoms with Gasteiger partial charge in [-0.05, 0) is 45.2 Å². The Hall–Kier alpha value is -3.15. The van der Waals surface area contributed by atoms with Gasteiger partial charge >= 0.3 is 18.2 Å². The molecular formula is C24H31F3N4O5. The number of alkyl halides is 3. The van der Waals surface area contributed by atoms with Crippen LogP contribution in [0.3, 0.4) is 0 Å². The van der Waals surface area contributed by atoms with Gasteiger partial charge in [0.2, 0.25) is 5.91 Å². The maximum Gasteiger partial charge on any atom is 0.420 e. The Balaban J connectivity index is 1.93. The number of nitrogens with one attached hydrogen (secondary N) is 2. The predicted molar refractivity (Wildman–Crippen MR) is 124 cm³/mol. The first-order chi connectivity index (χ1) is 16.8. The number of carbonyl (C=O) groups is 3. The van der Waals surface area contributed by atoms with Crippen LogP contribution in [-0.2, 0) is 20.8 Å². The minimum atomic E-state index is -4.57. The molecule has 0 saturated heterocycles. The van der Waals surface area contributed by atoms with Gasteiger partial charge in [0.15, 0.2) is 5.65 Å². The molecule has 0 aromatic carbocycles. The summed E-state index contributed by atoms with van der Waals surface area (Å²) in [6.45, 7) is 4.84. The highest BCUT2D eigenvalue weighted by Gasteiger charge is 2.36. The van der Waals surface area contributed by atoms with E-state index in [4.69, 9.17) is 9.47 Å². The zero-order valence-electron chi connectivity index (χ0n) is 20.7. The van der Waals surface area contributed by atoms with Crippen LogP contribution in [0.5, 0.6) is 0 Å². The van der Waals surface area contributed by atoms with Crippen molar-refractivity contribution in [1.29, 1.82) is 0 Å². The van der Waals surface area contributed by atoms with Crippen LogP contribution in [0.1, 0.15) is 68.8 Å². The van der Waals surface area contributed by atoms with E-state index in [0.29, 0.717) is 5.56 Å². The van der Waals surface area contributed by atoms with Crippen molar-refractivity contribution < 1.29 is 37.0 Å². The van der Waals surface area contributed by atoms with Crippen LogP contribution in [0.2, 0.25) is 0 Å². The summed E-state index contributed by atoms with van der Waals surface area (Å²) in [7, 11) is 1.17. The van der Waals surface area contributed by atoms with Gasteiger partial charge in [0.05, 0.1) is 25.1 Å². The topological polar surface area (TPSA) is 112 Å². The molecule has 1 fully saturated rings. The Morgan fingerprint density at radius 2 is 1.86 bits per heavy atom. The van der Waals surface area contributed by atoms with Crippen LogP contribution in [0.25, 0.3) is 11.0 Å². The fraction of sp³-hybridized carbons (Fsp3) is 0.583. The normalized spacial score (nSPS) is 15.6. The van der Waals surface area contributed by atoms with E-state index in [2.05, 4.69) is 15.6 Å². The second-order valence-electron chi connectivity index (χ2n) is 9.80. The molecule has 1 aliphatic rings. The van der Waals surface area contributed by atoms with E-state index in [1.54, 1.807) is 20.8 Å². The minimum Gasteiger partial charge on any atom is -0.465 e. The van der Waals surface area contributed by atoms with E-state index in [1.807, 2.05) is 0 Å². The first kappa shape index (κ1) is 27.4. The molecule has 1 unspecified atom stereocenters. The number of pyridine rings is 1. The summed E-state index contributed by atoms with van der Waals surface area (Å²) in [4.78, 5) is 42.1. The third-order valence-electron chi connectivity index (χ3n) is 5.76. The van der Waals surface area contributed by atoms with Gasteiger partial charge in [-0.25, -0.2) is 19.1 Å². The molecule has 36 heavy (non-hydrogen) atoms. The molecule has 1 amide bonds. The van der Waals surface area contributed by atoms with Crippen molar-refractivity contribution >= 4 is 29.0 Å². The largest absolute Gasteiger partial charge is 0.465 e. The number of nitrogens with zero attached hydrogens (tertiary/aromatic N) is 2. The summed E-state index contributed by atoms with van der Waals surface area (Å²) in [6, 6.07) is -0.180. The van der Waals surface area contributed by atoms with Crippen LogP contribution in [0.4, 0.5) is 18.0 Å². The quantitative estimate of drug-likeness (QED) is 0.538. The molecule has 2 aromatic rings. The van der Waals surface area contributed by atoms with Crippen molar-refractivity contribution in [2.75, 3.05) is 7.11 Å². The van der Waals surface area contributed by atoms with Gasteiger partial charge in [-0.1, -0.05) is 12.8 Å². The van der Waals surface area contributed by atoms with Gasteiger partial charge in [0.1, 0.15) is 5.60 Å². The standard InChI is InChI=1S/C24H31F3N4O5/c1-23(2,3)36-22(34)31-13-16(21(33)35-4)18-14(9-10-28-19(18)31)12-29-17(11-24(25,26)27)20(32)30-15-7-5-6-8-15/h9-10,13,15,17,29H,5-8,11-12H2,1-4H3,(H,30,32). The van der Waals surface area contributed by atoms with Crippen molar-refractivity contribution in [3.8, 4) is 0 Å². The summed E-state index contributed by atoms with van der Waals surface area (Å²) in [5, 5.41) is 5.60. The molecule has 12 heteroatoms. The van der Waals surface area contributed by atoms with Crippen molar-refractivity contribution in [3.63, 3.8) is 0 Å². The number of rotatable bonds is 7. The number of hydrogen-bond donors (Lipinski definition) is 2. The molecule has 2 N–H and O–H groups in total. The van der Waals surface area contributed by atoms with Crippen LogP contribution in [0, 0.1) is 0 Å². The second kappa shape index (κ2) is 10.9. The van der Waals surface area contributed by atoms with E-state index in [9.17, 15) is 27.6 Å². The molecule has 3 rings (SSSR count). The number of ether oxygens (including phenoxy) is 2. The second-order valence-corrected chi connectivity index (χ2v) is 9.80. The van der Waals surface area contributed by atoms with E-state index in [1.165, 1.54) is 25.6 Å². The predicted octanol–water partition coefficient (Wildman–Crippen LogP) is 4.08. The molecule has 0 radical (unpaired) electrons. The van der Waals surface area contributed by atoms with Gasteiger partial charge in [-0.2, -0.15) is 13.2 Å². The summed E-state index contributed by atoms with van der Waals surface area (Å²) in [5.74, 6) is -1.49. The van der Waals surface area contributed by atoms with Gasteiger partial charge in [-0.3, -0.25) is 4.79 Å². The van der Waals surface area contributed by atoms with Crippen LogP contribution in [-0.4, -0.2) is 58.5 Å². The van der Waals surface area contributed by atoms with Crippen molar-refractivity contribution in [3.05, 3.63) is 29.6 Å². The molecule has 0 bridgehead atoms. The Morgan fingerprint density at radius 3 is 2.44 bits per heavy atom. The lowest BCUT2D eigenvalue weighted by Crippen LogP contribution is -2.48. The number of carbonyl (C=O) groups excluding carboxylic acids is 3. The highest BCUT2D eigenvalue weighted by atomic mass is 19.4. The van der Waals surface area contributed by atoms with Crippen molar-refractivity contribution in [2.45, 2.75) is 83.3 Å². The Morgan fingerprint density at radius 1 is 1.19 bits per heavy atom. The molecule has 1 atom stereocenters. The Labute approximate surface area is 206 Å². The minimum absolute atomic E-state index is 0.00830. The smallest absolute Gasteiger partial charge is 0.420 e. The highest BCUT2D eigenvalue weighted by molar-refractivity contribution is 6.06. The number of hydrogen-bond acceptors (Lipinski definition) is 7. The average Bonchev–Trinajstić information content (AvgIpc) is 3.42. The van der Waals surface area contributed by atoms with Crippen LogP contribution < -0.4 is 10.6 Å². The summed E-state index contributed by atoms with van der Waals surface area (Å²) in [5.41, 5.74) is -0.392. The molecule has 1 saturated carbocycles. The Kier molecular flexibility index (Phi) is 8.27. The lowest BCUT2D eigenvalue weighted by atomic mass is 10.1. The maximum atomic E-state index is 13.3. The number of methoxy groups -OCH3 is 1. The molecule has 2 heterocycles. The summed E-state index contributed by atoms with van der Waals surface area (Å²) in [6.07, 6.45) is -0.833. The van der Waals surface area contributed by atoms with Crippen LogP contribution >= 0.6 is 0 Å².